The number of benzene rings is 1. The van der Waals surface area contributed by atoms with E-state index in [4.69, 9.17) is 5.73 Å². The van der Waals surface area contributed by atoms with Crippen molar-refractivity contribution < 1.29 is 8.42 Å². The maximum absolute atomic E-state index is 11.6. The van der Waals surface area contributed by atoms with Crippen LogP contribution in [0, 0.1) is 6.92 Å². The maximum atomic E-state index is 11.6. The van der Waals surface area contributed by atoms with Gasteiger partial charge in [-0.25, -0.2) is 8.42 Å². The minimum Gasteiger partial charge on any atom is -0.397 e. The summed E-state index contributed by atoms with van der Waals surface area (Å²) in [5.41, 5.74) is 10.7. The molecule has 0 fully saturated rings. The number of aryl methyl sites for hydroxylation is 1. The fraction of sp³-hybridized carbons (Fsp3) is 0.111. The molecule has 122 valence electrons. The molecule has 0 unspecified atom stereocenters. The summed E-state index contributed by atoms with van der Waals surface area (Å²) in [7, 11) is -3.23. The Hall–Kier alpha value is -2.73. The number of hydrogen-bond donors (Lipinski definition) is 1. The van der Waals surface area contributed by atoms with Gasteiger partial charge in [0.25, 0.3) is 0 Å². The molecule has 0 atom stereocenters. The second-order valence-corrected chi connectivity index (χ2v) is 7.67. The number of aromatic nitrogens is 2. The molecule has 5 nitrogen and oxygen atoms in total. The summed E-state index contributed by atoms with van der Waals surface area (Å²) >= 11 is 0. The van der Waals surface area contributed by atoms with Crippen molar-refractivity contribution in [1.29, 1.82) is 0 Å². The van der Waals surface area contributed by atoms with Gasteiger partial charge >= 0.3 is 0 Å². The van der Waals surface area contributed by atoms with Gasteiger partial charge < -0.3 is 5.73 Å². The minimum atomic E-state index is -3.23. The molecule has 0 aliphatic carbocycles. The fourth-order valence-electron chi connectivity index (χ4n) is 2.42. The van der Waals surface area contributed by atoms with Gasteiger partial charge in [-0.2, -0.15) is 0 Å². The van der Waals surface area contributed by atoms with Gasteiger partial charge in [-0.1, -0.05) is 12.1 Å². The van der Waals surface area contributed by atoms with E-state index in [0.29, 0.717) is 5.69 Å². The van der Waals surface area contributed by atoms with Crippen molar-refractivity contribution in [2.45, 2.75) is 11.8 Å². The molecular formula is C18H17N3O2S. The lowest BCUT2D eigenvalue weighted by Gasteiger charge is -2.11. The molecule has 0 spiro atoms. The number of pyridine rings is 2. The molecule has 0 aliphatic rings. The second kappa shape index (κ2) is 6.05. The average molecular weight is 339 g/mol. The first-order valence-corrected chi connectivity index (χ1v) is 9.23. The normalized spacial score (nSPS) is 11.4. The third kappa shape index (κ3) is 3.28. The van der Waals surface area contributed by atoms with E-state index in [1.54, 1.807) is 36.7 Å². The highest BCUT2D eigenvalue weighted by atomic mass is 32.2. The summed E-state index contributed by atoms with van der Waals surface area (Å²) in [6.07, 6.45) is 4.55. The third-order valence-corrected chi connectivity index (χ3v) is 4.82. The number of anilines is 1. The molecule has 3 rings (SSSR count). The van der Waals surface area contributed by atoms with Crippen LogP contribution in [0.1, 0.15) is 5.69 Å². The number of sulfone groups is 1. The van der Waals surface area contributed by atoms with Crippen molar-refractivity contribution in [3.05, 3.63) is 60.6 Å². The molecular weight excluding hydrogens is 322 g/mol. The van der Waals surface area contributed by atoms with Crippen molar-refractivity contribution in [3.63, 3.8) is 0 Å². The maximum Gasteiger partial charge on any atom is 0.175 e. The van der Waals surface area contributed by atoms with Gasteiger partial charge in [0.15, 0.2) is 9.84 Å². The Bertz CT molecular complexity index is 980. The topological polar surface area (TPSA) is 85.9 Å². The number of hydrogen-bond acceptors (Lipinski definition) is 5. The zero-order valence-electron chi connectivity index (χ0n) is 13.4. The van der Waals surface area contributed by atoms with Crippen LogP contribution in [0.3, 0.4) is 0 Å². The molecule has 2 N–H and O–H groups in total. The number of nitrogens with zero attached hydrogens (tertiary/aromatic N) is 2. The largest absolute Gasteiger partial charge is 0.397 e. The first-order chi connectivity index (χ1) is 11.3. The molecule has 1 aromatic carbocycles. The summed E-state index contributed by atoms with van der Waals surface area (Å²) < 4.78 is 23.2. The fourth-order valence-corrected chi connectivity index (χ4v) is 3.05. The predicted octanol–water partition coefficient (Wildman–Crippen LogP) is 3.10. The Morgan fingerprint density at radius 1 is 0.917 bits per heavy atom. The monoisotopic (exact) mass is 339 g/mol. The number of nitrogens with two attached hydrogens (primary N) is 1. The summed E-state index contributed by atoms with van der Waals surface area (Å²) in [5, 5.41) is 0. The van der Waals surface area contributed by atoms with E-state index in [-0.39, 0.29) is 4.90 Å². The van der Waals surface area contributed by atoms with Crippen LogP contribution >= 0.6 is 0 Å². The van der Waals surface area contributed by atoms with E-state index in [9.17, 15) is 8.42 Å². The van der Waals surface area contributed by atoms with Gasteiger partial charge in [-0.3, -0.25) is 9.97 Å². The van der Waals surface area contributed by atoms with Crippen molar-refractivity contribution in [3.8, 4) is 22.4 Å². The Labute approximate surface area is 141 Å². The Balaban J connectivity index is 2.13. The number of rotatable bonds is 3. The standard InChI is InChI=1S/C18H17N3O2S/c1-12-3-4-14(10-20-12)18-17(9-15(19)11-21-18)13-5-7-16(8-6-13)24(2,22)23/h3-11H,19H2,1-2H3. The SMILES string of the molecule is Cc1ccc(-c2ncc(N)cc2-c2ccc(S(C)(=O)=O)cc2)cn1. The van der Waals surface area contributed by atoms with Crippen molar-refractivity contribution in [2.75, 3.05) is 12.0 Å². The third-order valence-electron chi connectivity index (χ3n) is 3.69. The first kappa shape index (κ1) is 16.1. The molecule has 2 heterocycles. The lowest BCUT2D eigenvalue weighted by Crippen LogP contribution is -1.97. The van der Waals surface area contributed by atoms with Gasteiger partial charge in [0.2, 0.25) is 0 Å². The van der Waals surface area contributed by atoms with E-state index >= 15 is 0 Å². The summed E-state index contributed by atoms with van der Waals surface area (Å²) in [6.45, 7) is 1.92. The smallest absolute Gasteiger partial charge is 0.175 e. The summed E-state index contributed by atoms with van der Waals surface area (Å²) in [6, 6.07) is 12.4. The van der Waals surface area contributed by atoms with Gasteiger partial charge in [-0.05, 0) is 42.8 Å². The van der Waals surface area contributed by atoms with E-state index in [0.717, 1.165) is 28.1 Å². The molecule has 0 aliphatic heterocycles. The van der Waals surface area contributed by atoms with Gasteiger partial charge in [0, 0.05) is 29.3 Å². The van der Waals surface area contributed by atoms with Crippen LogP contribution in [0.2, 0.25) is 0 Å². The molecule has 0 amide bonds. The molecule has 6 heteroatoms. The predicted molar refractivity (Wildman–Crippen MR) is 95.2 cm³/mol. The molecule has 0 bridgehead atoms. The molecule has 2 aromatic heterocycles. The average Bonchev–Trinajstić information content (AvgIpc) is 2.55. The summed E-state index contributed by atoms with van der Waals surface area (Å²) in [4.78, 5) is 9.03. The van der Waals surface area contributed by atoms with E-state index in [2.05, 4.69) is 9.97 Å². The van der Waals surface area contributed by atoms with Crippen LogP contribution in [-0.2, 0) is 9.84 Å². The lowest BCUT2D eigenvalue weighted by atomic mass is 10.00. The van der Waals surface area contributed by atoms with Gasteiger partial charge in [-0.15, -0.1) is 0 Å². The summed E-state index contributed by atoms with van der Waals surface area (Å²) in [5.74, 6) is 0. The highest BCUT2D eigenvalue weighted by Gasteiger charge is 2.12. The van der Waals surface area contributed by atoms with Gasteiger partial charge in [0.05, 0.1) is 22.5 Å². The molecule has 0 saturated heterocycles. The highest BCUT2D eigenvalue weighted by molar-refractivity contribution is 7.90. The zero-order valence-corrected chi connectivity index (χ0v) is 14.2. The van der Waals surface area contributed by atoms with Crippen molar-refractivity contribution >= 4 is 15.5 Å². The van der Waals surface area contributed by atoms with Gasteiger partial charge in [0.1, 0.15) is 0 Å². The highest BCUT2D eigenvalue weighted by Crippen LogP contribution is 2.32. The second-order valence-electron chi connectivity index (χ2n) is 5.65. The van der Waals surface area contributed by atoms with Crippen molar-refractivity contribution in [2.24, 2.45) is 0 Å². The van der Waals surface area contributed by atoms with Crippen LogP contribution in [0.4, 0.5) is 5.69 Å². The Morgan fingerprint density at radius 2 is 1.58 bits per heavy atom. The first-order valence-electron chi connectivity index (χ1n) is 7.33. The van der Waals surface area contributed by atoms with E-state index in [1.165, 1.54) is 6.26 Å². The Morgan fingerprint density at radius 3 is 2.17 bits per heavy atom. The molecule has 24 heavy (non-hydrogen) atoms. The van der Waals surface area contributed by atoms with Crippen molar-refractivity contribution in [1.82, 2.24) is 9.97 Å². The number of nitrogen functional groups attached to an aromatic ring is 1. The quantitative estimate of drug-likeness (QED) is 0.792. The molecule has 3 aromatic rings. The van der Waals surface area contributed by atoms with E-state index < -0.39 is 9.84 Å². The lowest BCUT2D eigenvalue weighted by molar-refractivity contribution is 0.602. The zero-order chi connectivity index (χ0) is 17.3. The van der Waals surface area contributed by atoms with Crippen LogP contribution in [0.25, 0.3) is 22.4 Å². The molecule has 0 radical (unpaired) electrons. The van der Waals surface area contributed by atoms with Crippen LogP contribution in [0.15, 0.2) is 59.8 Å². The minimum absolute atomic E-state index is 0.279. The van der Waals surface area contributed by atoms with Crippen LogP contribution in [-0.4, -0.2) is 24.6 Å². The van der Waals surface area contributed by atoms with E-state index in [1.807, 2.05) is 25.1 Å². The van der Waals surface area contributed by atoms with Crippen LogP contribution in [0.5, 0.6) is 0 Å². The molecule has 0 saturated carbocycles. The Kier molecular flexibility index (Phi) is 4.07. The van der Waals surface area contributed by atoms with Crippen LogP contribution < -0.4 is 5.73 Å².